The lowest BCUT2D eigenvalue weighted by Crippen LogP contribution is -2.12. The van der Waals surface area contributed by atoms with E-state index in [2.05, 4.69) is 15.5 Å². The first-order valence-corrected chi connectivity index (χ1v) is 7.59. The Balaban J connectivity index is 1.85. The monoisotopic (exact) mass is 338 g/mol. The van der Waals surface area contributed by atoms with E-state index in [1.807, 2.05) is 35.9 Å². The molecule has 1 amide bonds. The molecule has 0 aliphatic rings. The second-order valence-electron chi connectivity index (χ2n) is 5.40. The van der Waals surface area contributed by atoms with E-state index in [1.165, 1.54) is 0 Å². The van der Waals surface area contributed by atoms with E-state index in [1.54, 1.807) is 38.7 Å². The number of aryl methyl sites for hydroxylation is 1. The predicted octanol–water partition coefficient (Wildman–Crippen LogP) is 2.75. The average Bonchev–Trinajstić information content (AvgIpc) is 3.07. The van der Waals surface area contributed by atoms with Crippen molar-refractivity contribution in [1.29, 1.82) is 0 Å². The van der Waals surface area contributed by atoms with Gasteiger partial charge >= 0.3 is 0 Å². The van der Waals surface area contributed by atoms with Crippen molar-refractivity contribution >= 4 is 11.6 Å². The Hall–Kier alpha value is -3.35. The Bertz CT molecular complexity index is 883. The molecule has 0 spiro atoms. The van der Waals surface area contributed by atoms with Gasteiger partial charge < -0.3 is 19.4 Å². The lowest BCUT2D eigenvalue weighted by molar-refractivity contribution is 0.102. The number of hydrogen-bond acceptors (Lipinski definition) is 5. The number of carbonyl (C=O) groups excluding carboxylic acids is 1. The van der Waals surface area contributed by atoms with E-state index in [9.17, 15) is 4.79 Å². The molecule has 0 fully saturated rings. The van der Waals surface area contributed by atoms with Crippen LogP contribution in [0, 0.1) is 0 Å². The molecular weight excluding hydrogens is 320 g/mol. The Morgan fingerprint density at radius 3 is 2.40 bits per heavy atom. The Morgan fingerprint density at radius 1 is 1.08 bits per heavy atom. The standard InChI is InChI=1S/C18H18N4O3/c1-22-11-19-21-17(22)12-5-4-6-14(7-12)20-18(23)13-8-15(24-2)10-16(9-13)25-3/h4-11H,1-3H3,(H,20,23). The molecule has 0 saturated heterocycles. The zero-order valence-electron chi connectivity index (χ0n) is 14.2. The van der Waals surface area contributed by atoms with Crippen LogP contribution in [0.2, 0.25) is 0 Å². The van der Waals surface area contributed by atoms with Crippen molar-refractivity contribution in [2.75, 3.05) is 19.5 Å². The second kappa shape index (κ2) is 7.04. The van der Waals surface area contributed by atoms with Crippen molar-refractivity contribution in [3.05, 3.63) is 54.4 Å². The summed E-state index contributed by atoms with van der Waals surface area (Å²) < 4.78 is 12.2. The Morgan fingerprint density at radius 2 is 1.80 bits per heavy atom. The molecule has 1 heterocycles. The Kier molecular flexibility index (Phi) is 4.65. The molecule has 0 unspecified atom stereocenters. The number of rotatable bonds is 5. The summed E-state index contributed by atoms with van der Waals surface area (Å²) in [5.74, 6) is 1.57. The highest BCUT2D eigenvalue weighted by molar-refractivity contribution is 6.05. The van der Waals surface area contributed by atoms with E-state index >= 15 is 0 Å². The van der Waals surface area contributed by atoms with Crippen LogP contribution in [-0.2, 0) is 7.05 Å². The third kappa shape index (κ3) is 3.60. The van der Waals surface area contributed by atoms with Gasteiger partial charge in [-0.2, -0.15) is 0 Å². The van der Waals surface area contributed by atoms with Gasteiger partial charge in [-0.25, -0.2) is 0 Å². The van der Waals surface area contributed by atoms with E-state index < -0.39 is 0 Å². The summed E-state index contributed by atoms with van der Waals surface area (Å²) in [6, 6.07) is 12.5. The number of ether oxygens (including phenoxy) is 2. The third-order valence-electron chi connectivity index (χ3n) is 3.70. The molecule has 1 aromatic heterocycles. The maximum Gasteiger partial charge on any atom is 0.255 e. The van der Waals surface area contributed by atoms with Gasteiger partial charge in [0.05, 0.1) is 14.2 Å². The van der Waals surface area contributed by atoms with Crippen LogP contribution in [0.3, 0.4) is 0 Å². The van der Waals surface area contributed by atoms with Gasteiger partial charge in [0.15, 0.2) is 5.82 Å². The molecule has 0 atom stereocenters. The molecule has 128 valence electrons. The minimum atomic E-state index is -0.257. The first-order chi connectivity index (χ1) is 12.1. The minimum Gasteiger partial charge on any atom is -0.497 e. The van der Waals surface area contributed by atoms with E-state index in [-0.39, 0.29) is 5.91 Å². The van der Waals surface area contributed by atoms with Crippen LogP contribution in [0.5, 0.6) is 11.5 Å². The normalized spacial score (nSPS) is 10.4. The van der Waals surface area contributed by atoms with Gasteiger partial charge in [-0.05, 0) is 24.3 Å². The quantitative estimate of drug-likeness (QED) is 0.774. The number of carbonyl (C=O) groups is 1. The lowest BCUT2D eigenvalue weighted by atomic mass is 10.1. The molecule has 1 N–H and O–H groups in total. The van der Waals surface area contributed by atoms with Gasteiger partial charge in [0.2, 0.25) is 0 Å². The largest absolute Gasteiger partial charge is 0.497 e. The molecule has 0 saturated carbocycles. The minimum absolute atomic E-state index is 0.257. The van der Waals surface area contributed by atoms with E-state index in [0.29, 0.717) is 22.7 Å². The number of methoxy groups -OCH3 is 2. The van der Waals surface area contributed by atoms with Crippen molar-refractivity contribution in [3.63, 3.8) is 0 Å². The Labute approximate surface area is 145 Å². The molecule has 25 heavy (non-hydrogen) atoms. The summed E-state index contributed by atoms with van der Waals surface area (Å²) in [6.07, 6.45) is 1.63. The molecule has 0 aliphatic heterocycles. The number of benzene rings is 2. The molecule has 3 rings (SSSR count). The van der Waals surface area contributed by atoms with Crippen LogP contribution in [0.4, 0.5) is 5.69 Å². The van der Waals surface area contributed by atoms with E-state index in [4.69, 9.17) is 9.47 Å². The summed E-state index contributed by atoms with van der Waals surface area (Å²) in [5, 5.41) is 10.8. The predicted molar refractivity (Wildman–Crippen MR) is 93.9 cm³/mol. The number of anilines is 1. The highest BCUT2D eigenvalue weighted by Gasteiger charge is 2.11. The number of nitrogens with zero attached hydrogens (tertiary/aromatic N) is 3. The fourth-order valence-corrected chi connectivity index (χ4v) is 2.42. The number of nitrogens with one attached hydrogen (secondary N) is 1. The van der Waals surface area contributed by atoms with Crippen LogP contribution in [0.25, 0.3) is 11.4 Å². The van der Waals surface area contributed by atoms with Gasteiger partial charge in [-0.3, -0.25) is 4.79 Å². The lowest BCUT2D eigenvalue weighted by Gasteiger charge is -2.10. The van der Waals surface area contributed by atoms with Gasteiger partial charge in [0.1, 0.15) is 17.8 Å². The summed E-state index contributed by atoms with van der Waals surface area (Å²) in [4.78, 5) is 12.6. The average molecular weight is 338 g/mol. The van der Waals surface area contributed by atoms with Crippen molar-refractivity contribution in [1.82, 2.24) is 14.8 Å². The van der Waals surface area contributed by atoms with Crippen molar-refractivity contribution in [2.24, 2.45) is 7.05 Å². The van der Waals surface area contributed by atoms with Crippen LogP contribution >= 0.6 is 0 Å². The van der Waals surface area contributed by atoms with Gasteiger partial charge in [-0.1, -0.05) is 12.1 Å². The van der Waals surface area contributed by atoms with E-state index in [0.717, 1.165) is 11.4 Å². The summed E-state index contributed by atoms with van der Waals surface area (Å²) in [7, 11) is 4.95. The van der Waals surface area contributed by atoms with Gasteiger partial charge in [0, 0.05) is 29.9 Å². The second-order valence-corrected chi connectivity index (χ2v) is 5.40. The fraction of sp³-hybridized carbons (Fsp3) is 0.167. The maximum atomic E-state index is 12.6. The zero-order valence-corrected chi connectivity index (χ0v) is 14.2. The molecule has 0 bridgehead atoms. The number of amides is 1. The molecule has 7 heteroatoms. The molecule has 0 aliphatic carbocycles. The zero-order chi connectivity index (χ0) is 17.8. The summed E-state index contributed by atoms with van der Waals surface area (Å²) in [6.45, 7) is 0. The molecule has 2 aromatic carbocycles. The first kappa shape index (κ1) is 16.5. The van der Waals surface area contributed by atoms with Crippen molar-refractivity contribution < 1.29 is 14.3 Å². The summed E-state index contributed by atoms with van der Waals surface area (Å²) in [5.41, 5.74) is 1.97. The van der Waals surface area contributed by atoms with Gasteiger partial charge in [-0.15, -0.1) is 10.2 Å². The summed E-state index contributed by atoms with van der Waals surface area (Å²) >= 11 is 0. The first-order valence-electron chi connectivity index (χ1n) is 7.59. The fourth-order valence-electron chi connectivity index (χ4n) is 2.42. The highest BCUT2D eigenvalue weighted by atomic mass is 16.5. The maximum absolute atomic E-state index is 12.6. The van der Waals surface area contributed by atoms with Crippen LogP contribution < -0.4 is 14.8 Å². The van der Waals surface area contributed by atoms with Crippen LogP contribution in [0.15, 0.2) is 48.8 Å². The third-order valence-corrected chi connectivity index (χ3v) is 3.70. The SMILES string of the molecule is COc1cc(OC)cc(C(=O)Nc2cccc(-c3nncn3C)c2)c1. The van der Waals surface area contributed by atoms with Gasteiger partial charge in [0.25, 0.3) is 5.91 Å². The van der Waals surface area contributed by atoms with Crippen LogP contribution in [-0.4, -0.2) is 34.9 Å². The number of aromatic nitrogens is 3. The topological polar surface area (TPSA) is 78.3 Å². The molecule has 0 radical (unpaired) electrons. The molecule has 3 aromatic rings. The smallest absolute Gasteiger partial charge is 0.255 e. The highest BCUT2D eigenvalue weighted by Crippen LogP contribution is 2.24. The molecule has 7 nitrogen and oxygen atoms in total. The van der Waals surface area contributed by atoms with Crippen molar-refractivity contribution in [2.45, 2.75) is 0 Å². The number of hydrogen-bond donors (Lipinski definition) is 1. The molecular formula is C18H18N4O3. The van der Waals surface area contributed by atoms with Crippen molar-refractivity contribution in [3.8, 4) is 22.9 Å². The van der Waals surface area contributed by atoms with Crippen LogP contribution in [0.1, 0.15) is 10.4 Å².